The van der Waals surface area contributed by atoms with E-state index >= 15 is 0 Å². The second-order valence-electron chi connectivity index (χ2n) is 6.56. The number of rotatable bonds is 3. The molecule has 2 unspecified atom stereocenters. The van der Waals surface area contributed by atoms with Gasteiger partial charge in [-0.1, -0.05) is 42.5 Å². The van der Waals surface area contributed by atoms with Crippen molar-refractivity contribution in [2.45, 2.75) is 32.1 Å². The Morgan fingerprint density at radius 3 is 2.36 bits per heavy atom. The summed E-state index contributed by atoms with van der Waals surface area (Å²) in [7, 11) is 0. The second kappa shape index (κ2) is 5.59. The number of ether oxygens (including phenoxy) is 2. The largest absolute Gasteiger partial charge is 0.426 e. The molecule has 0 aromatic heterocycles. The number of allylic oxidation sites excluding steroid dienone is 2. The molecule has 4 heteroatoms. The second-order valence-corrected chi connectivity index (χ2v) is 6.56. The van der Waals surface area contributed by atoms with Gasteiger partial charge in [-0.2, -0.15) is 0 Å². The third kappa shape index (κ3) is 2.29. The van der Waals surface area contributed by atoms with Gasteiger partial charge in [0, 0.05) is 46.7 Å². The van der Waals surface area contributed by atoms with E-state index in [1.807, 2.05) is 24.3 Å². The van der Waals surface area contributed by atoms with Crippen LogP contribution in [0.4, 0.5) is 0 Å². The van der Waals surface area contributed by atoms with E-state index in [1.54, 1.807) is 0 Å². The predicted molar refractivity (Wildman–Crippen MR) is 94.9 cm³/mol. The summed E-state index contributed by atoms with van der Waals surface area (Å²) in [6.07, 6.45) is 4.30. The maximum Gasteiger partial charge on any atom is 0.335 e. The summed E-state index contributed by atoms with van der Waals surface area (Å²) < 4.78 is 11.3. The molecule has 0 saturated carbocycles. The molecule has 2 aliphatic rings. The molecule has 0 heterocycles. The highest BCUT2D eigenvalue weighted by Gasteiger charge is 2.42. The number of hydrogen-bond acceptors (Lipinski definition) is 4. The van der Waals surface area contributed by atoms with Crippen LogP contribution in [0.2, 0.25) is 0 Å². The Labute approximate surface area is 145 Å². The summed E-state index contributed by atoms with van der Waals surface area (Å²) in [5.41, 5.74) is 3.20. The number of esters is 2. The van der Waals surface area contributed by atoms with Crippen molar-refractivity contribution in [2.75, 3.05) is 0 Å². The van der Waals surface area contributed by atoms with Gasteiger partial charge in [0.15, 0.2) is 0 Å². The van der Waals surface area contributed by atoms with Crippen molar-refractivity contribution in [2.24, 2.45) is 0 Å². The van der Waals surface area contributed by atoms with Crippen LogP contribution in [-0.2, 0) is 9.59 Å². The number of benzene rings is 2. The van der Waals surface area contributed by atoms with Crippen LogP contribution in [0.5, 0.6) is 11.5 Å². The molecule has 0 saturated heterocycles. The normalized spacial score (nSPS) is 20.2. The van der Waals surface area contributed by atoms with Crippen molar-refractivity contribution in [3.8, 4) is 11.5 Å². The standard InChI is InChI=1S/C21H18O4/c1-4-17(23)25-21-15-8-6-5-7-14(15)20(24-12(3)22)18-13-9-11(2)16(10-13)19(18)21/h4-9,13,16H,1,10H2,2-3H3. The van der Waals surface area contributed by atoms with Crippen molar-refractivity contribution < 1.29 is 19.1 Å². The first-order valence-electron chi connectivity index (χ1n) is 8.30. The van der Waals surface area contributed by atoms with Crippen LogP contribution in [0.15, 0.2) is 48.6 Å². The van der Waals surface area contributed by atoms with Crippen molar-refractivity contribution >= 4 is 22.7 Å². The van der Waals surface area contributed by atoms with Gasteiger partial charge in [0.05, 0.1) is 0 Å². The Kier molecular flexibility index (Phi) is 3.49. The Bertz CT molecular complexity index is 968. The first-order chi connectivity index (χ1) is 12.0. The molecule has 4 nitrogen and oxygen atoms in total. The van der Waals surface area contributed by atoms with Crippen LogP contribution >= 0.6 is 0 Å². The Morgan fingerprint density at radius 2 is 1.76 bits per heavy atom. The fraction of sp³-hybridized carbons (Fsp3) is 0.238. The van der Waals surface area contributed by atoms with Gasteiger partial charge in [-0.25, -0.2) is 4.79 Å². The van der Waals surface area contributed by atoms with E-state index in [9.17, 15) is 9.59 Å². The average Bonchev–Trinajstić information content (AvgIpc) is 3.14. The molecule has 2 aromatic carbocycles. The molecule has 0 radical (unpaired) electrons. The van der Waals surface area contributed by atoms with Gasteiger partial charge in [-0.15, -0.1) is 0 Å². The highest BCUT2D eigenvalue weighted by Crippen LogP contribution is 2.60. The number of carbonyl (C=O) groups is 2. The summed E-state index contributed by atoms with van der Waals surface area (Å²) in [4.78, 5) is 23.6. The number of hydrogen-bond donors (Lipinski definition) is 0. The van der Waals surface area contributed by atoms with Crippen molar-refractivity contribution in [1.82, 2.24) is 0 Å². The van der Waals surface area contributed by atoms with E-state index < -0.39 is 5.97 Å². The lowest BCUT2D eigenvalue weighted by Gasteiger charge is -2.23. The zero-order chi connectivity index (χ0) is 17.7. The van der Waals surface area contributed by atoms with Crippen LogP contribution in [0.3, 0.4) is 0 Å². The Hall–Kier alpha value is -2.88. The van der Waals surface area contributed by atoms with E-state index in [0.29, 0.717) is 11.5 Å². The predicted octanol–water partition coefficient (Wildman–Crippen LogP) is 4.39. The first-order valence-corrected chi connectivity index (χ1v) is 8.30. The van der Waals surface area contributed by atoms with Gasteiger partial charge in [0.2, 0.25) is 0 Å². The topological polar surface area (TPSA) is 52.6 Å². The molecule has 2 aliphatic carbocycles. The summed E-state index contributed by atoms with van der Waals surface area (Å²) in [5, 5.41) is 1.55. The zero-order valence-electron chi connectivity index (χ0n) is 14.2. The lowest BCUT2D eigenvalue weighted by atomic mass is 9.87. The quantitative estimate of drug-likeness (QED) is 0.362. The molecular weight excluding hydrogens is 316 g/mol. The summed E-state index contributed by atoms with van der Waals surface area (Å²) >= 11 is 0. The van der Waals surface area contributed by atoms with E-state index in [4.69, 9.17) is 9.47 Å². The highest BCUT2D eigenvalue weighted by atomic mass is 16.5. The minimum Gasteiger partial charge on any atom is -0.426 e. The van der Waals surface area contributed by atoms with E-state index in [0.717, 1.165) is 34.4 Å². The molecule has 126 valence electrons. The van der Waals surface area contributed by atoms with Crippen LogP contribution in [0.25, 0.3) is 10.8 Å². The van der Waals surface area contributed by atoms with Gasteiger partial charge in [-0.05, 0) is 13.3 Å². The molecule has 25 heavy (non-hydrogen) atoms. The zero-order valence-corrected chi connectivity index (χ0v) is 14.2. The molecule has 0 amide bonds. The van der Waals surface area contributed by atoms with Crippen LogP contribution < -0.4 is 9.47 Å². The maximum atomic E-state index is 11.9. The average molecular weight is 334 g/mol. The fourth-order valence-electron chi connectivity index (χ4n) is 4.12. The van der Waals surface area contributed by atoms with Gasteiger partial charge in [-0.3, -0.25) is 4.79 Å². The van der Waals surface area contributed by atoms with Crippen LogP contribution in [0, 0.1) is 0 Å². The molecule has 4 rings (SSSR count). The fourth-order valence-corrected chi connectivity index (χ4v) is 4.12. The monoisotopic (exact) mass is 334 g/mol. The molecule has 2 aromatic rings. The molecule has 0 spiro atoms. The van der Waals surface area contributed by atoms with E-state index in [1.165, 1.54) is 12.5 Å². The van der Waals surface area contributed by atoms with E-state index in [-0.39, 0.29) is 17.8 Å². The van der Waals surface area contributed by atoms with Gasteiger partial charge in [0.25, 0.3) is 0 Å². The van der Waals surface area contributed by atoms with Crippen molar-refractivity contribution in [1.29, 1.82) is 0 Å². The van der Waals surface area contributed by atoms with E-state index in [2.05, 4.69) is 19.6 Å². The number of carbonyl (C=O) groups excluding carboxylic acids is 2. The van der Waals surface area contributed by atoms with Gasteiger partial charge < -0.3 is 9.47 Å². The lowest BCUT2D eigenvalue weighted by molar-refractivity contribution is -0.132. The minimum absolute atomic E-state index is 0.181. The highest BCUT2D eigenvalue weighted by molar-refractivity contribution is 6.00. The smallest absolute Gasteiger partial charge is 0.335 e. The first kappa shape index (κ1) is 15.6. The van der Waals surface area contributed by atoms with Gasteiger partial charge in [0.1, 0.15) is 11.5 Å². The third-order valence-electron chi connectivity index (χ3n) is 5.03. The Morgan fingerprint density at radius 1 is 1.12 bits per heavy atom. The Balaban J connectivity index is 2.07. The third-order valence-corrected chi connectivity index (χ3v) is 5.03. The van der Waals surface area contributed by atoms with Crippen molar-refractivity contribution in [3.63, 3.8) is 0 Å². The van der Waals surface area contributed by atoms with Gasteiger partial charge >= 0.3 is 11.9 Å². The lowest BCUT2D eigenvalue weighted by Crippen LogP contribution is -2.12. The number of fused-ring (bicyclic) bond motifs is 6. The molecule has 0 N–H and O–H groups in total. The summed E-state index contributed by atoms with van der Waals surface area (Å²) in [6.45, 7) is 6.99. The SMILES string of the molecule is C=CC(=O)Oc1c2c(c(OC(C)=O)c3ccccc13)C1C=C(C)C2C1. The summed E-state index contributed by atoms with van der Waals surface area (Å²) in [5.74, 6) is 0.675. The maximum absolute atomic E-state index is 11.9. The molecular formula is C21H18O4. The summed E-state index contributed by atoms with van der Waals surface area (Å²) in [6, 6.07) is 7.55. The van der Waals surface area contributed by atoms with Crippen LogP contribution in [0.1, 0.15) is 43.2 Å². The van der Waals surface area contributed by atoms with Crippen LogP contribution in [-0.4, -0.2) is 11.9 Å². The van der Waals surface area contributed by atoms with Crippen molar-refractivity contribution in [3.05, 3.63) is 59.7 Å². The minimum atomic E-state index is -0.489. The molecule has 2 bridgehead atoms. The molecule has 0 fully saturated rings. The molecule has 2 atom stereocenters. The molecule has 0 aliphatic heterocycles.